The van der Waals surface area contributed by atoms with Crippen molar-refractivity contribution in [2.24, 2.45) is 0 Å². The molecular weight excluding hydrogens is 290 g/mol. The van der Waals surface area contributed by atoms with Crippen molar-refractivity contribution in [1.82, 2.24) is 15.4 Å². The summed E-state index contributed by atoms with van der Waals surface area (Å²) in [5, 5.41) is 7.34. The van der Waals surface area contributed by atoms with Crippen LogP contribution in [0, 0.1) is 6.92 Å². The van der Waals surface area contributed by atoms with Gasteiger partial charge in [0.1, 0.15) is 11.8 Å². The standard InChI is InChI=1S/C18H23N3O2/c1-14-12-16(20-23-14)13-19-17(15-8-4-2-5-9-15)18(22)21-10-6-3-7-11-21/h2,4-5,8-9,12,17,19H,3,6-7,10-11,13H2,1H3/t17-/m1/s1. The van der Waals surface area contributed by atoms with Crippen LogP contribution in [0.5, 0.6) is 0 Å². The lowest BCUT2D eigenvalue weighted by Gasteiger charge is -2.31. The fourth-order valence-corrected chi connectivity index (χ4v) is 3.00. The van der Waals surface area contributed by atoms with Crippen molar-refractivity contribution in [2.75, 3.05) is 13.1 Å². The number of carbonyl (C=O) groups is 1. The Bertz CT molecular complexity index is 633. The molecule has 0 bridgehead atoms. The second-order valence-corrected chi connectivity index (χ2v) is 6.04. The fourth-order valence-electron chi connectivity index (χ4n) is 3.00. The highest BCUT2D eigenvalue weighted by Gasteiger charge is 2.26. The van der Waals surface area contributed by atoms with E-state index in [1.165, 1.54) is 6.42 Å². The van der Waals surface area contributed by atoms with Crippen molar-refractivity contribution in [3.8, 4) is 0 Å². The van der Waals surface area contributed by atoms with E-state index in [9.17, 15) is 4.79 Å². The van der Waals surface area contributed by atoms with Crippen LogP contribution in [0.3, 0.4) is 0 Å². The minimum atomic E-state index is -0.341. The molecule has 23 heavy (non-hydrogen) atoms. The maximum atomic E-state index is 12.9. The number of rotatable bonds is 5. The highest BCUT2D eigenvalue weighted by Crippen LogP contribution is 2.19. The zero-order chi connectivity index (χ0) is 16.1. The van der Waals surface area contributed by atoms with E-state index >= 15 is 0 Å². The van der Waals surface area contributed by atoms with Crippen molar-refractivity contribution in [2.45, 2.75) is 38.8 Å². The topological polar surface area (TPSA) is 58.4 Å². The Balaban J connectivity index is 1.74. The molecule has 5 nitrogen and oxygen atoms in total. The Hall–Kier alpha value is -2.14. The third-order valence-electron chi connectivity index (χ3n) is 4.21. The lowest BCUT2D eigenvalue weighted by molar-refractivity contribution is -0.134. The molecule has 5 heteroatoms. The van der Waals surface area contributed by atoms with E-state index in [2.05, 4.69) is 10.5 Å². The lowest BCUT2D eigenvalue weighted by atomic mass is 10.0. The Morgan fingerprint density at radius 3 is 2.65 bits per heavy atom. The number of amides is 1. The number of nitrogens with zero attached hydrogens (tertiary/aromatic N) is 2. The van der Waals surface area contributed by atoms with Gasteiger partial charge in [0.2, 0.25) is 5.91 Å². The second kappa shape index (κ2) is 7.42. The minimum absolute atomic E-state index is 0.149. The molecule has 1 saturated heterocycles. The van der Waals surface area contributed by atoms with Crippen LogP contribution < -0.4 is 5.32 Å². The average Bonchev–Trinajstić information content (AvgIpc) is 3.02. The van der Waals surface area contributed by atoms with Gasteiger partial charge in [-0.1, -0.05) is 35.5 Å². The van der Waals surface area contributed by atoms with Gasteiger partial charge in [-0.3, -0.25) is 10.1 Å². The largest absolute Gasteiger partial charge is 0.361 e. The molecule has 2 aromatic rings. The quantitative estimate of drug-likeness (QED) is 0.922. The van der Waals surface area contributed by atoms with Gasteiger partial charge < -0.3 is 9.42 Å². The molecule has 1 N–H and O–H groups in total. The molecule has 1 aliphatic heterocycles. The van der Waals surface area contributed by atoms with Gasteiger partial charge in [-0.2, -0.15) is 0 Å². The first-order chi connectivity index (χ1) is 11.2. The van der Waals surface area contributed by atoms with E-state index in [-0.39, 0.29) is 11.9 Å². The molecule has 1 aromatic heterocycles. The normalized spacial score (nSPS) is 16.3. The van der Waals surface area contributed by atoms with Crippen LogP contribution in [0.4, 0.5) is 0 Å². The van der Waals surface area contributed by atoms with Gasteiger partial charge in [-0.15, -0.1) is 0 Å². The van der Waals surface area contributed by atoms with Crippen LogP contribution in [-0.4, -0.2) is 29.1 Å². The third-order valence-corrected chi connectivity index (χ3v) is 4.21. The summed E-state index contributed by atoms with van der Waals surface area (Å²) in [5.41, 5.74) is 1.80. The number of nitrogens with one attached hydrogen (secondary N) is 1. The zero-order valence-electron chi connectivity index (χ0n) is 13.5. The Morgan fingerprint density at radius 2 is 2.00 bits per heavy atom. The van der Waals surface area contributed by atoms with Gasteiger partial charge in [0, 0.05) is 25.7 Å². The maximum Gasteiger partial charge on any atom is 0.244 e. The summed E-state index contributed by atoms with van der Waals surface area (Å²) in [7, 11) is 0. The van der Waals surface area contributed by atoms with Crippen LogP contribution in [0.1, 0.15) is 42.3 Å². The average molecular weight is 313 g/mol. The second-order valence-electron chi connectivity index (χ2n) is 6.04. The molecule has 2 heterocycles. The fraction of sp³-hybridized carbons (Fsp3) is 0.444. The van der Waals surface area contributed by atoms with Crippen molar-refractivity contribution in [3.63, 3.8) is 0 Å². The van der Waals surface area contributed by atoms with Gasteiger partial charge in [0.15, 0.2) is 0 Å². The van der Waals surface area contributed by atoms with Gasteiger partial charge in [0.05, 0.1) is 5.69 Å². The summed E-state index contributed by atoms with van der Waals surface area (Å²) >= 11 is 0. The molecule has 1 atom stereocenters. The predicted octanol–water partition coefficient (Wildman–Crippen LogP) is 2.83. The number of aryl methyl sites for hydroxylation is 1. The van der Waals surface area contributed by atoms with E-state index in [1.807, 2.05) is 48.2 Å². The molecule has 122 valence electrons. The number of hydrogen-bond donors (Lipinski definition) is 1. The van der Waals surface area contributed by atoms with Crippen LogP contribution >= 0.6 is 0 Å². The summed E-state index contributed by atoms with van der Waals surface area (Å²) in [5.74, 6) is 0.927. The van der Waals surface area contributed by atoms with E-state index in [4.69, 9.17) is 4.52 Å². The summed E-state index contributed by atoms with van der Waals surface area (Å²) in [6.45, 7) is 4.08. The Kier molecular flexibility index (Phi) is 5.08. The number of piperidine rings is 1. The number of aromatic nitrogens is 1. The molecule has 1 aromatic carbocycles. The molecule has 3 rings (SSSR count). The molecule has 0 saturated carbocycles. The molecule has 0 radical (unpaired) electrons. The molecule has 0 spiro atoms. The molecule has 0 aliphatic carbocycles. The van der Waals surface area contributed by atoms with Crippen LogP contribution in [0.25, 0.3) is 0 Å². The number of carbonyl (C=O) groups excluding carboxylic acids is 1. The van der Waals surface area contributed by atoms with Crippen molar-refractivity contribution < 1.29 is 9.32 Å². The molecule has 1 amide bonds. The SMILES string of the molecule is Cc1cc(CN[C@@H](C(=O)N2CCCCC2)c2ccccc2)no1. The number of benzene rings is 1. The molecule has 0 unspecified atom stereocenters. The molecule has 1 aliphatic rings. The Labute approximate surface area is 136 Å². The summed E-state index contributed by atoms with van der Waals surface area (Å²) in [6, 6.07) is 11.4. The first-order valence-corrected chi connectivity index (χ1v) is 8.23. The number of likely N-dealkylation sites (tertiary alicyclic amines) is 1. The van der Waals surface area contributed by atoms with Gasteiger partial charge in [-0.05, 0) is 31.7 Å². The van der Waals surface area contributed by atoms with E-state index in [0.717, 1.165) is 42.9 Å². The van der Waals surface area contributed by atoms with Crippen LogP contribution in [-0.2, 0) is 11.3 Å². The molecular formula is C18H23N3O2. The summed E-state index contributed by atoms with van der Waals surface area (Å²) in [6.07, 6.45) is 3.40. The van der Waals surface area contributed by atoms with Crippen molar-refractivity contribution in [1.29, 1.82) is 0 Å². The monoisotopic (exact) mass is 313 g/mol. The predicted molar refractivity (Wildman–Crippen MR) is 87.7 cm³/mol. The lowest BCUT2D eigenvalue weighted by Crippen LogP contribution is -2.43. The minimum Gasteiger partial charge on any atom is -0.361 e. The highest BCUT2D eigenvalue weighted by molar-refractivity contribution is 5.83. The highest BCUT2D eigenvalue weighted by atomic mass is 16.5. The van der Waals surface area contributed by atoms with Crippen LogP contribution in [0.2, 0.25) is 0 Å². The summed E-state index contributed by atoms with van der Waals surface area (Å²) < 4.78 is 5.09. The van der Waals surface area contributed by atoms with Gasteiger partial charge in [-0.25, -0.2) is 0 Å². The molecule has 1 fully saturated rings. The van der Waals surface area contributed by atoms with Crippen molar-refractivity contribution >= 4 is 5.91 Å². The zero-order valence-corrected chi connectivity index (χ0v) is 13.5. The van der Waals surface area contributed by atoms with Gasteiger partial charge in [0.25, 0.3) is 0 Å². The van der Waals surface area contributed by atoms with E-state index in [0.29, 0.717) is 6.54 Å². The third kappa shape index (κ3) is 3.99. The smallest absolute Gasteiger partial charge is 0.244 e. The number of hydrogen-bond acceptors (Lipinski definition) is 4. The van der Waals surface area contributed by atoms with E-state index < -0.39 is 0 Å². The Morgan fingerprint density at radius 1 is 1.26 bits per heavy atom. The summed E-state index contributed by atoms with van der Waals surface area (Å²) in [4.78, 5) is 14.9. The van der Waals surface area contributed by atoms with Crippen molar-refractivity contribution in [3.05, 3.63) is 53.4 Å². The van der Waals surface area contributed by atoms with E-state index in [1.54, 1.807) is 0 Å². The van der Waals surface area contributed by atoms with Gasteiger partial charge >= 0.3 is 0 Å². The first-order valence-electron chi connectivity index (χ1n) is 8.23. The maximum absolute atomic E-state index is 12.9. The first kappa shape index (κ1) is 15.7. The van der Waals surface area contributed by atoms with Crippen LogP contribution in [0.15, 0.2) is 40.9 Å².